The van der Waals surface area contributed by atoms with Gasteiger partial charge in [0.25, 0.3) is 0 Å². The van der Waals surface area contributed by atoms with Crippen molar-refractivity contribution in [3.63, 3.8) is 0 Å². The molecule has 2 nitrogen and oxygen atoms in total. The first-order valence-corrected chi connectivity index (χ1v) is 7.24. The maximum Gasteiger partial charge on any atom is 0.334 e. The maximum absolute atomic E-state index is 12.0. The molecule has 0 aliphatic heterocycles. The van der Waals surface area contributed by atoms with Crippen molar-refractivity contribution in [2.45, 2.75) is 46.0 Å². The highest BCUT2D eigenvalue weighted by Crippen LogP contribution is 2.33. The number of hydrogen-bond acceptors (Lipinski definition) is 2. The Balaban J connectivity index is 2.33. The fourth-order valence-electron chi connectivity index (χ4n) is 2.61. The molecule has 0 heterocycles. The Morgan fingerprint density at radius 2 is 1.79 bits per heavy atom. The lowest BCUT2D eigenvalue weighted by atomic mass is 9.87. The van der Waals surface area contributed by atoms with Gasteiger partial charge in [-0.25, -0.2) is 4.79 Å². The SMILES string of the molecule is CCOC(=O)C1=C(c2ccc(CC)cc2)CCCC1. The third kappa shape index (κ3) is 3.25. The van der Waals surface area contributed by atoms with E-state index < -0.39 is 0 Å². The Kier molecular flexibility index (Phi) is 4.78. The summed E-state index contributed by atoms with van der Waals surface area (Å²) < 4.78 is 5.18. The number of rotatable bonds is 4. The van der Waals surface area contributed by atoms with Gasteiger partial charge in [0, 0.05) is 5.57 Å². The van der Waals surface area contributed by atoms with Crippen LogP contribution in [0, 0.1) is 0 Å². The third-order valence-corrected chi connectivity index (χ3v) is 3.70. The van der Waals surface area contributed by atoms with E-state index in [2.05, 4.69) is 31.2 Å². The lowest BCUT2D eigenvalue weighted by Gasteiger charge is -2.19. The summed E-state index contributed by atoms with van der Waals surface area (Å²) in [5.74, 6) is -0.128. The van der Waals surface area contributed by atoms with Crippen LogP contribution in [0.1, 0.15) is 50.7 Å². The molecule has 1 aliphatic carbocycles. The highest BCUT2D eigenvalue weighted by atomic mass is 16.5. The molecule has 0 aromatic heterocycles. The van der Waals surface area contributed by atoms with Crippen molar-refractivity contribution in [3.8, 4) is 0 Å². The van der Waals surface area contributed by atoms with E-state index in [1.807, 2.05) is 6.92 Å². The molecule has 1 aromatic rings. The Morgan fingerprint density at radius 3 is 2.42 bits per heavy atom. The van der Waals surface area contributed by atoms with Gasteiger partial charge in [0.1, 0.15) is 0 Å². The Bertz CT molecular complexity index is 469. The summed E-state index contributed by atoms with van der Waals surface area (Å²) in [5.41, 5.74) is 4.59. The van der Waals surface area contributed by atoms with Crippen LogP contribution in [0.15, 0.2) is 29.8 Å². The average molecular weight is 258 g/mol. The van der Waals surface area contributed by atoms with E-state index in [9.17, 15) is 4.79 Å². The zero-order valence-corrected chi connectivity index (χ0v) is 11.9. The number of allylic oxidation sites excluding steroid dienone is 1. The summed E-state index contributed by atoms with van der Waals surface area (Å²) in [7, 11) is 0. The van der Waals surface area contributed by atoms with Gasteiger partial charge in [0.15, 0.2) is 0 Å². The van der Waals surface area contributed by atoms with Gasteiger partial charge in [-0.3, -0.25) is 0 Å². The van der Waals surface area contributed by atoms with Crippen molar-refractivity contribution >= 4 is 11.5 Å². The number of esters is 1. The minimum atomic E-state index is -0.128. The zero-order valence-electron chi connectivity index (χ0n) is 11.9. The van der Waals surface area contributed by atoms with Crippen molar-refractivity contribution in [2.75, 3.05) is 6.61 Å². The largest absolute Gasteiger partial charge is 0.463 e. The smallest absolute Gasteiger partial charge is 0.334 e. The summed E-state index contributed by atoms with van der Waals surface area (Å²) >= 11 is 0. The molecule has 0 atom stereocenters. The van der Waals surface area contributed by atoms with E-state index in [4.69, 9.17) is 4.74 Å². The van der Waals surface area contributed by atoms with E-state index in [1.54, 1.807) is 0 Å². The predicted molar refractivity (Wildman–Crippen MR) is 77.8 cm³/mol. The number of carbonyl (C=O) groups excluding carboxylic acids is 1. The van der Waals surface area contributed by atoms with Crippen molar-refractivity contribution in [1.82, 2.24) is 0 Å². The molecule has 2 heteroatoms. The molecule has 0 amide bonds. The van der Waals surface area contributed by atoms with Gasteiger partial charge in [0.05, 0.1) is 6.61 Å². The van der Waals surface area contributed by atoms with Crippen LogP contribution in [-0.2, 0) is 16.0 Å². The fourth-order valence-corrected chi connectivity index (χ4v) is 2.61. The first-order chi connectivity index (χ1) is 9.26. The first-order valence-electron chi connectivity index (χ1n) is 7.24. The van der Waals surface area contributed by atoms with Gasteiger partial charge in [-0.05, 0) is 55.7 Å². The normalized spacial score (nSPS) is 15.5. The summed E-state index contributed by atoms with van der Waals surface area (Å²) in [6.07, 6.45) is 5.13. The summed E-state index contributed by atoms with van der Waals surface area (Å²) in [6.45, 7) is 4.46. The number of benzene rings is 1. The molecule has 1 aliphatic rings. The minimum absolute atomic E-state index is 0.128. The van der Waals surface area contributed by atoms with Gasteiger partial charge < -0.3 is 4.74 Å². The maximum atomic E-state index is 12.0. The zero-order chi connectivity index (χ0) is 13.7. The second kappa shape index (κ2) is 6.55. The molecular formula is C17H22O2. The molecule has 0 saturated carbocycles. The summed E-state index contributed by atoms with van der Waals surface area (Å²) in [6, 6.07) is 8.58. The molecule has 0 spiro atoms. The Morgan fingerprint density at radius 1 is 1.11 bits per heavy atom. The van der Waals surface area contributed by atoms with Gasteiger partial charge in [0.2, 0.25) is 0 Å². The van der Waals surface area contributed by atoms with Crippen molar-refractivity contribution < 1.29 is 9.53 Å². The van der Waals surface area contributed by atoms with E-state index in [0.717, 1.165) is 37.7 Å². The van der Waals surface area contributed by atoms with Crippen molar-refractivity contribution in [2.24, 2.45) is 0 Å². The second-order valence-electron chi connectivity index (χ2n) is 4.94. The van der Waals surface area contributed by atoms with Gasteiger partial charge in [-0.2, -0.15) is 0 Å². The van der Waals surface area contributed by atoms with Crippen molar-refractivity contribution in [1.29, 1.82) is 0 Å². The van der Waals surface area contributed by atoms with E-state index in [0.29, 0.717) is 6.61 Å². The average Bonchev–Trinajstić information content (AvgIpc) is 2.47. The standard InChI is InChI=1S/C17H22O2/c1-3-13-9-11-14(12-10-13)15-7-5-6-8-16(15)17(18)19-4-2/h9-12H,3-8H2,1-2H3. The monoisotopic (exact) mass is 258 g/mol. The highest BCUT2D eigenvalue weighted by molar-refractivity contribution is 5.98. The van der Waals surface area contributed by atoms with Crippen molar-refractivity contribution in [3.05, 3.63) is 41.0 Å². The molecule has 1 aromatic carbocycles. The van der Waals surface area contributed by atoms with Crippen LogP contribution >= 0.6 is 0 Å². The van der Waals surface area contributed by atoms with Crippen LogP contribution in [0.5, 0.6) is 0 Å². The molecule has 0 fully saturated rings. The second-order valence-corrected chi connectivity index (χ2v) is 4.94. The lowest BCUT2D eigenvalue weighted by Crippen LogP contribution is -2.13. The molecule has 2 rings (SSSR count). The first kappa shape index (κ1) is 13.9. The number of hydrogen-bond donors (Lipinski definition) is 0. The lowest BCUT2D eigenvalue weighted by molar-refractivity contribution is -0.138. The number of aryl methyl sites for hydroxylation is 1. The summed E-state index contributed by atoms with van der Waals surface area (Å²) in [5, 5.41) is 0. The Labute approximate surface area is 115 Å². The molecule has 0 N–H and O–H groups in total. The van der Waals surface area contributed by atoms with E-state index in [1.165, 1.54) is 16.7 Å². The van der Waals surface area contributed by atoms with Gasteiger partial charge in [-0.1, -0.05) is 31.2 Å². The van der Waals surface area contributed by atoms with Crippen LogP contribution in [0.2, 0.25) is 0 Å². The van der Waals surface area contributed by atoms with Gasteiger partial charge in [-0.15, -0.1) is 0 Å². The number of carbonyl (C=O) groups is 1. The molecule has 0 unspecified atom stereocenters. The summed E-state index contributed by atoms with van der Waals surface area (Å²) in [4.78, 5) is 12.0. The molecule has 102 valence electrons. The van der Waals surface area contributed by atoms with Crippen LogP contribution in [0.3, 0.4) is 0 Å². The predicted octanol–water partition coefficient (Wildman–Crippen LogP) is 4.14. The molecule has 0 saturated heterocycles. The topological polar surface area (TPSA) is 26.3 Å². The fraction of sp³-hybridized carbons (Fsp3) is 0.471. The number of ether oxygens (including phenoxy) is 1. The van der Waals surface area contributed by atoms with Crippen LogP contribution in [0.25, 0.3) is 5.57 Å². The molecule has 0 radical (unpaired) electrons. The van der Waals surface area contributed by atoms with E-state index >= 15 is 0 Å². The quantitative estimate of drug-likeness (QED) is 0.759. The van der Waals surface area contributed by atoms with E-state index in [-0.39, 0.29) is 5.97 Å². The van der Waals surface area contributed by atoms with Crippen LogP contribution in [0.4, 0.5) is 0 Å². The third-order valence-electron chi connectivity index (χ3n) is 3.70. The minimum Gasteiger partial charge on any atom is -0.463 e. The molecule has 0 bridgehead atoms. The van der Waals surface area contributed by atoms with Crippen LogP contribution in [-0.4, -0.2) is 12.6 Å². The molecular weight excluding hydrogens is 236 g/mol. The highest BCUT2D eigenvalue weighted by Gasteiger charge is 2.20. The van der Waals surface area contributed by atoms with Crippen LogP contribution < -0.4 is 0 Å². The Hall–Kier alpha value is -1.57. The van der Waals surface area contributed by atoms with Gasteiger partial charge >= 0.3 is 5.97 Å². The molecule has 19 heavy (non-hydrogen) atoms.